The van der Waals surface area contributed by atoms with Crippen molar-refractivity contribution in [3.05, 3.63) is 75.2 Å². The van der Waals surface area contributed by atoms with Crippen molar-refractivity contribution >= 4 is 29.0 Å². The van der Waals surface area contributed by atoms with Gasteiger partial charge in [0.25, 0.3) is 5.91 Å². The van der Waals surface area contributed by atoms with Crippen molar-refractivity contribution < 1.29 is 14.3 Å². The topological polar surface area (TPSA) is 92.4 Å². The third kappa shape index (κ3) is 7.32. The lowest BCUT2D eigenvalue weighted by atomic mass is 9.90. The van der Waals surface area contributed by atoms with E-state index in [1.165, 1.54) is 22.5 Å². The first-order chi connectivity index (χ1) is 17.8. The number of thiazole rings is 1. The van der Waals surface area contributed by atoms with Gasteiger partial charge < -0.3 is 20.7 Å². The minimum atomic E-state index is -0.260. The quantitative estimate of drug-likeness (QED) is 0.324. The van der Waals surface area contributed by atoms with Gasteiger partial charge in [-0.25, -0.2) is 9.78 Å². The summed E-state index contributed by atoms with van der Waals surface area (Å²) in [6.45, 7) is 8.68. The van der Waals surface area contributed by atoms with Gasteiger partial charge in [0.05, 0.1) is 6.04 Å². The zero-order valence-corrected chi connectivity index (χ0v) is 22.8. The van der Waals surface area contributed by atoms with Crippen LogP contribution in [-0.4, -0.2) is 29.0 Å². The number of aryl methyl sites for hydroxylation is 2. The Kier molecular flexibility index (Phi) is 8.82. The Hall–Kier alpha value is -3.39. The summed E-state index contributed by atoms with van der Waals surface area (Å²) in [5.74, 6) is 1.03. The van der Waals surface area contributed by atoms with Crippen LogP contribution in [0.25, 0.3) is 0 Å². The lowest BCUT2D eigenvalue weighted by Crippen LogP contribution is -2.54. The molecule has 3 N–H and O–H groups in total. The van der Waals surface area contributed by atoms with E-state index in [9.17, 15) is 9.59 Å². The molecule has 3 amide bonds. The number of nitrogens with one attached hydrogen (secondary N) is 3. The number of urea groups is 1. The number of anilines is 1. The highest BCUT2D eigenvalue weighted by atomic mass is 32.1. The van der Waals surface area contributed by atoms with Crippen LogP contribution in [0.4, 0.5) is 10.5 Å². The summed E-state index contributed by atoms with van der Waals surface area (Å²) >= 11 is 1.41. The second kappa shape index (κ2) is 12.2. The summed E-state index contributed by atoms with van der Waals surface area (Å²) in [5, 5.41) is 11.6. The maximum Gasteiger partial charge on any atom is 0.319 e. The number of carbonyl (C=O) groups excluding carboxylic acids is 2. The number of carbonyl (C=O) groups is 2. The molecule has 1 fully saturated rings. The first-order valence-corrected chi connectivity index (χ1v) is 13.8. The van der Waals surface area contributed by atoms with Crippen molar-refractivity contribution in [1.29, 1.82) is 0 Å². The van der Waals surface area contributed by atoms with Crippen molar-refractivity contribution in [1.82, 2.24) is 15.6 Å². The fraction of sp³-hybridized carbons (Fsp3) is 0.414. The van der Waals surface area contributed by atoms with E-state index in [2.05, 4.69) is 46.9 Å². The number of ether oxygens (including phenoxy) is 1. The first-order valence-electron chi connectivity index (χ1n) is 12.9. The van der Waals surface area contributed by atoms with Crippen molar-refractivity contribution in [2.75, 3.05) is 5.32 Å². The van der Waals surface area contributed by atoms with E-state index in [1.807, 2.05) is 44.2 Å². The Morgan fingerprint density at radius 3 is 2.38 bits per heavy atom. The van der Waals surface area contributed by atoms with Crippen LogP contribution < -0.4 is 20.7 Å². The van der Waals surface area contributed by atoms with Crippen LogP contribution in [0.15, 0.2) is 47.8 Å². The molecule has 0 bridgehead atoms. The number of hydrogen-bond donors (Lipinski definition) is 3. The normalized spacial score (nSPS) is 17.3. The summed E-state index contributed by atoms with van der Waals surface area (Å²) in [5.41, 5.74) is 4.70. The Morgan fingerprint density at radius 2 is 1.70 bits per heavy atom. The average Bonchev–Trinajstić information content (AvgIpc) is 3.36. The minimum absolute atomic E-state index is 0.139. The molecule has 0 spiro atoms. The summed E-state index contributed by atoms with van der Waals surface area (Å²) in [6.07, 6.45) is 3.65. The van der Waals surface area contributed by atoms with Gasteiger partial charge in [0.2, 0.25) is 0 Å². The zero-order valence-electron chi connectivity index (χ0n) is 22.0. The third-order valence-corrected chi connectivity index (χ3v) is 7.68. The second-order valence-electron chi connectivity index (χ2n) is 10.0. The molecule has 196 valence electrons. The molecule has 1 heterocycles. The number of nitrogens with zero attached hydrogens (tertiary/aromatic N) is 1. The van der Waals surface area contributed by atoms with E-state index in [-0.39, 0.29) is 24.0 Å². The SMILES string of the molecule is Cc1ccc(NC(=O)N[C@H]2CCCC[C@H]2NC(=O)c2csc(COc3ccc(C(C)C)cc3)n2)cc1C. The van der Waals surface area contributed by atoms with Crippen LogP contribution in [0.2, 0.25) is 0 Å². The molecule has 1 aromatic heterocycles. The predicted octanol–water partition coefficient (Wildman–Crippen LogP) is 6.33. The number of benzene rings is 2. The first kappa shape index (κ1) is 26.7. The molecule has 7 nitrogen and oxygen atoms in total. The monoisotopic (exact) mass is 520 g/mol. The molecule has 0 aliphatic heterocycles. The highest BCUT2D eigenvalue weighted by Crippen LogP contribution is 2.22. The lowest BCUT2D eigenvalue weighted by molar-refractivity contribution is 0.0911. The second-order valence-corrected chi connectivity index (χ2v) is 10.9. The van der Waals surface area contributed by atoms with Crippen LogP contribution in [0.3, 0.4) is 0 Å². The van der Waals surface area contributed by atoms with Gasteiger partial charge in [-0.15, -0.1) is 11.3 Å². The number of rotatable bonds is 8. The Morgan fingerprint density at radius 1 is 1.00 bits per heavy atom. The summed E-state index contributed by atoms with van der Waals surface area (Å²) in [7, 11) is 0. The van der Waals surface area contributed by atoms with Crippen molar-refractivity contribution in [2.24, 2.45) is 0 Å². The molecule has 1 saturated carbocycles. The zero-order chi connectivity index (χ0) is 26.4. The number of hydrogen-bond acceptors (Lipinski definition) is 5. The molecular weight excluding hydrogens is 484 g/mol. The molecule has 4 rings (SSSR count). The van der Waals surface area contributed by atoms with E-state index in [1.54, 1.807) is 5.38 Å². The van der Waals surface area contributed by atoms with E-state index in [0.717, 1.165) is 47.7 Å². The average molecular weight is 521 g/mol. The Balaban J connectivity index is 1.30. The van der Waals surface area contributed by atoms with Gasteiger partial charge in [-0.1, -0.05) is 44.9 Å². The molecule has 1 aliphatic carbocycles. The standard InChI is InChI=1S/C29H36N4O3S/c1-18(2)21-10-13-23(14-11-21)36-16-27-31-26(17-37-27)28(34)32-24-7-5-6-8-25(24)33-29(35)30-22-12-9-19(3)20(4)15-22/h9-15,17-18,24-25H,5-8,16H2,1-4H3,(H,32,34)(H2,30,33,35)/t24-,25+/m1/s1. The molecule has 0 unspecified atom stereocenters. The lowest BCUT2D eigenvalue weighted by Gasteiger charge is -2.32. The van der Waals surface area contributed by atoms with Crippen molar-refractivity contribution in [3.63, 3.8) is 0 Å². The summed E-state index contributed by atoms with van der Waals surface area (Å²) in [4.78, 5) is 30.1. The molecule has 8 heteroatoms. The van der Waals surface area contributed by atoms with Crippen LogP contribution in [0.5, 0.6) is 5.75 Å². The Bertz CT molecular complexity index is 1220. The summed E-state index contributed by atoms with van der Waals surface area (Å²) < 4.78 is 5.86. The van der Waals surface area contributed by atoms with Gasteiger partial charge in [-0.3, -0.25) is 4.79 Å². The number of amides is 3. The van der Waals surface area contributed by atoms with Gasteiger partial charge in [0.1, 0.15) is 23.1 Å². The van der Waals surface area contributed by atoms with Gasteiger partial charge >= 0.3 is 6.03 Å². The van der Waals surface area contributed by atoms with Crippen LogP contribution in [-0.2, 0) is 6.61 Å². The predicted molar refractivity (Wildman–Crippen MR) is 149 cm³/mol. The van der Waals surface area contributed by atoms with Gasteiger partial charge in [0, 0.05) is 17.1 Å². The van der Waals surface area contributed by atoms with Gasteiger partial charge in [-0.05, 0) is 73.6 Å². The molecule has 1 aliphatic rings. The molecule has 3 aromatic rings. The minimum Gasteiger partial charge on any atom is -0.486 e. The van der Waals surface area contributed by atoms with E-state index in [0.29, 0.717) is 18.2 Å². The third-order valence-electron chi connectivity index (χ3n) is 6.86. The molecule has 2 atom stereocenters. The summed E-state index contributed by atoms with van der Waals surface area (Å²) in [6, 6.07) is 13.4. The van der Waals surface area contributed by atoms with E-state index >= 15 is 0 Å². The van der Waals surface area contributed by atoms with Crippen molar-refractivity contribution in [2.45, 2.75) is 78.0 Å². The smallest absolute Gasteiger partial charge is 0.319 e. The van der Waals surface area contributed by atoms with Crippen LogP contribution >= 0.6 is 11.3 Å². The molecular formula is C29H36N4O3S. The molecule has 37 heavy (non-hydrogen) atoms. The fourth-order valence-corrected chi connectivity index (χ4v) is 5.13. The molecule has 2 aromatic carbocycles. The highest BCUT2D eigenvalue weighted by Gasteiger charge is 2.28. The molecule has 0 saturated heterocycles. The maximum atomic E-state index is 13.0. The van der Waals surface area contributed by atoms with Crippen molar-refractivity contribution in [3.8, 4) is 5.75 Å². The largest absolute Gasteiger partial charge is 0.486 e. The Labute approximate surface area is 223 Å². The van der Waals surface area contributed by atoms with E-state index < -0.39 is 0 Å². The van der Waals surface area contributed by atoms with Crippen LogP contribution in [0.1, 0.15) is 77.6 Å². The van der Waals surface area contributed by atoms with Crippen LogP contribution in [0, 0.1) is 13.8 Å². The molecule has 0 radical (unpaired) electrons. The van der Waals surface area contributed by atoms with E-state index in [4.69, 9.17) is 4.74 Å². The highest BCUT2D eigenvalue weighted by molar-refractivity contribution is 7.09. The van der Waals surface area contributed by atoms with Gasteiger partial charge in [0.15, 0.2) is 0 Å². The fourth-order valence-electron chi connectivity index (χ4n) is 4.45. The number of aromatic nitrogens is 1. The van der Waals surface area contributed by atoms with Gasteiger partial charge in [-0.2, -0.15) is 0 Å². The maximum absolute atomic E-state index is 13.0.